The first-order chi connectivity index (χ1) is 13.3. The van der Waals surface area contributed by atoms with E-state index in [2.05, 4.69) is 15.0 Å². The zero-order chi connectivity index (χ0) is 20.1. The number of aliphatic hydroxyl groups excluding tert-OH is 1. The molecule has 3 aromatic rings. The van der Waals surface area contributed by atoms with Crippen LogP contribution in [0.15, 0.2) is 34.3 Å². The van der Waals surface area contributed by atoms with E-state index >= 15 is 0 Å². The fraction of sp³-hybridized carbons (Fsp3) is 0.412. The van der Waals surface area contributed by atoms with Crippen LogP contribution < -0.4 is 5.56 Å². The van der Waals surface area contributed by atoms with Gasteiger partial charge in [-0.3, -0.25) is 4.79 Å². The van der Waals surface area contributed by atoms with E-state index in [1.165, 1.54) is 24.0 Å². The molecule has 1 fully saturated rings. The largest absolute Gasteiger partial charge is 0.408 e. The Hall–Kier alpha value is -2.40. The van der Waals surface area contributed by atoms with E-state index in [1.54, 1.807) is 18.4 Å². The Morgan fingerprint density at radius 2 is 2.04 bits per heavy atom. The molecule has 1 saturated carbocycles. The van der Waals surface area contributed by atoms with E-state index in [-0.39, 0.29) is 23.5 Å². The Bertz CT molecular complexity index is 1100. The number of rotatable bonds is 5. The zero-order valence-electron chi connectivity index (χ0n) is 14.8. The Morgan fingerprint density at radius 3 is 2.64 bits per heavy atom. The van der Waals surface area contributed by atoms with Gasteiger partial charge >= 0.3 is 6.18 Å². The van der Waals surface area contributed by atoms with Gasteiger partial charge in [-0.2, -0.15) is 13.2 Å². The molecule has 0 aromatic carbocycles. The van der Waals surface area contributed by atoms with Crippen LogP contribution in [-0.2, 0) is 12.0 Å². The van der Waals surface area contributed by atoms with E-state index in [0.717, 1.165) is 17.5 Å². The standard InChI is InChI=1S/C17H16F3N5O2S/c1-28-15-21-7-10-13(23-15)25(24(14(10)27)8-17(18,19)20)12-4-2-3-11(22-12)16(9-26)5-6-16/h2-4,7,26H,5-6,8-9H2,1H3. The first-order valence-electron chi connectivity index (χ1n) is 8.46. The van der Waals surface area contributed by atoms with Gasteiger partial charge in [0.15, 0.2) is 16.6 Å². The molecular formula is C17H16F3N5O2S. The predicted molar refractivity (Wildman–Crippen MR) is 96.8 cm³/mol. The molecule has 0 saturated heterocycles. The van der Waals surface area contributed by atoms with Gasteiger partial charge in [0.2, 0.25) is 0 Å². The smallest absolute Gasteiger partial charge is 0.395 e. The minimum atomic E-state index is -4.61. The van der Waals surface area contributed by atoms with Crippen LogP contribution in [0.25, 0.3) is 16.9 Å². The summed E-state index contributed by atoms with van der Waals surface area (Å²) >= 11 is 1.21. The van der Waals surface area contributed by atoms with Crippen molar-refractivity contribution in [3.63, 3.8) is 0 Å². The summed E-state index contributed by atoms with van der Waals surface area (Å²) in [4.78, 5) is 25.4. The second kappa shape index (κ2) is 6.59. The molecular weight excluding hydrogens is 395 g/mol. The topological polar surface area (TPSA) is 85.8 Å². The summed E-state index contributed by atoms with van der Waals surface area (Å²) in [5.74, 6) is 0.138. The fourth-order valence-electron chi connectivity index (χ4n) is 3.14. The number of aromatic nitrogens is 5. The van der Waals surface area contributed by atoms with Crippen molar-refractivity contribution in [3.8, 4) is 5.82 Å². The van der Waals surface area contributed by atoms with Crippen LogP contribution in [0.2, 0.25) is 0 Å². The molecule has 0 atom stereocenters. The van der Waals surface area contributed by atoms with Gasteiger partial charge in [-0.1, -0.05) is 17.8 Å². The maximum absolute atomic E-state index is 13.2. The Morgan fingerprint density at radius 1 is 1.29 bits per heavy atom. The predicted octanol–water partition coefficient (Wildman–Crippen LogP) is 2.29. The molecule has 4 rings (SSSR count). The highest BCUT2D eigenvalue weighted by molar-refractivity contribution is 7.98. The molecule has 1 N–H and O–H groups in total. The van der Waals surface area contributed by atoms with E-state index in [0.29, 0.717) is 15.5 Å². The number of thioether (sulfide) groups is 1. The Kier molecular flexibility index (Phi) is 4.46. The number of halogens is 3. The molecule has 1 aliphatic rings. The van der Waals surface area contributed by atoms with E-state index < -0.39 is 23.7 Å². The number of pyridine rings is 1. The lowest BCUT2D eigenvalue weighted by Gasteiger charge is -2.16. The van der Waals surface area contributed by atoms with Crippen LogP contribution in [0.3, 0.4) is 0 Å². The Balaban J connectivity index is 1.98. The molecule has 3 heterocycles. The van der Waals surface area contributed by atoms with Crippen molar-refractivity contribution < 1.29 is 18.3 Å². The van der Waals surface area contributed by atoms with Gasteiger partial charge in [-0.05, 0) is 31.2 Å². The van der Waals surface area contributed by atoms with Crippen molar-refractivity contribution in [2.75, 3.05) is 12.9 Å². The number of nitrogens with zero attached hydrogens (tertiary/aromatic N) is 5. The summed E-state index contributed by atoms with van der Waals surface area (Å²) in [5.41, 5.74) is -0.657. The van der Waals surface area contributed by atoms with Crippen molar-refractivity contribution in [2.45, 2.75) is 36.1 Å². The van der Waals surface area contributed by atoms with E-state index in [9.17, 15) is 23.1 Å². The van der Waals surface area contributed by atoms with Crippen LogP contribution in [0.1, 0.15) is 18.5 Å². The second-order valence-corrected chi connectivity index (χ2v) is 7.48. The number of aliphatic hydroxyl groups is 1. The molecule has 7 nitrogen and oxygen atoms in total. The molecule has 148 valence electrons. The number of hydrogen-bond donors (Lipinski definition) is 1. The summed E-state index contributed by atoms with van der Waals surface area (Å²) in [7, 11) is 0. The number of alkyl halides is 3. The Labute approximate surface area is 161 Å². The highest BCUT2D eigenvalue weighted by atomic mass is 32.2. The monoisotopic (exact) mass is 411 g/mol. The van der Waals surface area contributed by atoms with Crippen LogP contribution >= 0.6 is 11.8 Å². The van der Waals surface area contributed by atoms with Crippen LogP contribution in [0, 0.1) is 0 Å². The van der Waals surface area contributed by atoms with Crippen LogP contribution in [0.4, 0.5) is 13.2 Å². The van der Waals surface area contributed by atoms with Gasteiger partial charge in [-0.25, -0.2) is 24.3 Å². The van der Waals surface area contributed by atoms with Gasteiger partial charge in [0.05, 0.1) is 12.3 Å². The maximum atomic E-state index is 13.2. The lowest BCUT2D eigenvalue weighted by atomic mass is 10.0. The first kappa shape index (κ1) is 18.9. The molecule has 0 amide bonds. The summed E-state index contributed by atoms with van der Waals surface area (Å²) in [6, 6.07) is 4.90. The number of fused-ring (bicyclic) bond motifs is 1. The number of hydrogen-bond acceptors (Lipinski definition) is 6. The third-order valence-electron chi connectivity index (χ3n) is 4.82. The summed E-state index contributed by atoms with van der Waals surface area (Å²) in [6.07, 6.45) is -0.139. The van der Waals surface area contributed by atoms with Crippen molar-refractivity contribution in [3.05, 3.63) is 40.4 Å². The normalized spacial score (nSPS) is 15.9. The molecule has 1 aliphatic carbocycles. The lowest BCUT2D eigenvalue weighted by molar-refractivity contribution is -0.144. The third kappa shape index (κ3) is 3.18. The van der Waals surface area contributed by atoms with Gasteiger partial charge in [0.1, 0.15) is 11.9 Å². The average Bonchev–Trinajstić information content (AvgIpc) is 3.43. The first-order valence-corrected chi connectivity index (χ1v) is 9.68. The molecule has 0 bridgehead atoms. The molecule has 3 aromatic heterocycles. The zero-order valence-corrected chi connectivity index (χ0v) is 15.6. The molecule has 28 heavy (non-hydrogen) atoms. The quantitative estimate of drug-likeness (QED) is 0.512. The molecule has 0 unspecified atom stereocenters. The second-order valence-electron chi connectivity index (χ2n) is 6.70. The summed E-state index contributed by atoms with van der Waals surface area (Å²) < 4.78 is 41.1. The molecule has 0 radical (unpaired) electrons. The van der Waals surface area contributed by atoms with Crippen LogP contribution in [0.5, 0.6) is 0 Å². The molecule has 0 spiro atoms. The van der Waals surface area contributed by atoms with Gasteiger partial charge < -0.3 is 5.11 Å². The maximum Gasteiger partial charge on any atom is 0.408 e. The van der Waals surface area contributed by atoms with Crippen molar-refractivity contribution in [1.82, 2.24) is 24.3 Å². The third-order valence-corrected chi connectivity index (χ3v) is 5.38. The van der Waals surface area contributed by atoms with Gasteiger partial charge in [-0.15, -0.1) is 0 Å². The minimum absolute atomic E-state index is 0.0162. The van der Waals surface area contributed by atoms with Crippen LogP contribution in [-0.4, -0.2) is 48.5 Å². The summed E-state index contributed by atoms with van der Waals surface area (Å²) in [6.45, 7) is -1.57. The minimum Gasteiger partial charge on any atom is -0.395 e. The SMILES string of the molecule is CSc1ncc2c(=O)n(CC(F)(F)F)n(-c3cccc(C4(CO)CC4)n3)c2n1. The van der Waals surface area contributed by atoms with Gasteiger partial charge in [0, 0.05) is 11.6 Å². The van der Waals surface area contributed by atoms with Crippen molar-refractivity contribution in [1.29, 1.82) is 0 Å². The molecule has 0 aliphatic heterocycles. The van der Waals surface area contributed by atoms with Crippen molar-refractivity contribution >= 4 is 22.8 Å². The highest BCUT2D eigenvalue weighted by Crippen LogP contribution is 2.46. The molecule has 11 heteroatoms. The lowest BCUT2D eigenvalue weighted by Crippen LogP contribution is -2.30. The van der Waals surface area contributed by atoms with E-state index in [4.69, 9.17) is 0 Å². The summed E-state index contributed by atoms with van der Waals surface area (Å²) in [5, 5.41) is 9.96. The fourth-order valence-corrected chi connectivity index (χ4v) is 3.48. The van der Waals surface area contributed by atoms with Crippen molar-refractivity contribution in [2.24, 2.45) is 0 Å². The highest BCUT2D eigenvalue weighted by Gasteiger charge is 2.45. The van der Waals surface area contributed by atoms with E-state index in [1.807, 2.05) is 0 Å². The average molecular weight is 411 g/mol. The van der Waals surface area contributed by atoms with Gasteiger partial charge in [0.25, 0.3) is 5.56 Å².